The summed E-state index contributed by atoms with van der Waals surface area (Å²) in [5.41, 5.74) is 3.73. The minimum atomic E-state index is -3.47. The lowest BCUT2D eigenvalue weighted by Gasteiger charge is -2.36. The Morgan fingerprint density at radius 3 is 2.52 bits per heavy atom. The number of hydrogen-bond donors (Lipinski definition) is 1. The van der Waals surface area contributed by atoms with Crippen molar-refractivity contribution in [2.45, 2.75) is 25.7 Å². The maximum Gasteiger partial charge on any atom is 0.282 e. The summed E-state index contributed by atoms with van der Waals surface area (Å²) in [6.45, 7) is 4.72. The van der Waals surface area contributed by atoms with Crippen LogP contribution in [0.2, 0.25) is 0 Å². The van der Waals surface area contributed by atoms with Gasteiger partial charge in [0, 0.05) is 54.9 Å². The predicted octanol–water partition coefficient (Wildman–Crippen LogP) is 2.90. The Balaban J connectivity index is 1.50. The van der Waals surface area contributed by atoms with Crippen LogP contribution in [0.3, 0.4) is 0 Å². The Hall–Kier alpha value is -2.20. The van der Waals surface area contributed by atoms with E-state index in [4.69, 9.17) is 14.5 Å². The zero-order valence-electron chi connectivity index (χ0n) is 18.1. The summed E-state index contributed by atoms with van der Waals surface area (Å²) < 4.78 is 39.9. The van der Waals surface area contributed by atoms with Crippen LogP contribution in [0.15, 0.2) is 36.4 Å². The van der Waals surface area contributed by atoms with Crippen LogP contribution in [0.5, 0.6) is 5.75 Å². The van der Waals surface area contributed by atoms with E-state index in [1.807, 2.05) is 43.3 Å². The molecule has 2 aliphatic rings. The summed E-state index contributed by atoms with van der Waals surface area (Å²) in [7, 11) is -1.82. The van der Waals surface area contributed by atoms with E-state index in [0.29, 0.717) is 39.4 Å². The van der Waals surface area contributed by atoms with Gasteiger partial charge in [0.15, 0.2) is 0 Å². The molecule has 4 rings (SSSR count). The van der Waals surface area contributed by atoms with Crippen LogP contribution in [0, 0.1) is 6.92 Å². The Kier molecular flexibility index (Phi) is 6.76. The number of pyridine rings is 1. The summed E-state index contributed by atoms with van der Waals surface area (Å²) >= 11 is 0. The molecule has 1 aromatic heterocycles. The standard InChI is InChI=1S/C22H30N4O4S/c1-17-14-20(24-19-5-7-21(29-2)8-6-19)15-22(23-17)18-4-3-9-26(16-18)31(27,28)25-10-12-30-13-11-25/h5-8,14-15,18H,3-4,9-13,16H2,1-2H3,(H,23,24). The summed E-state index contributed by atoms with van der Waals surface area (Å²) in [5, 5.41) is 3.42. The van der Waals surface area contributed by atoms with E-state index in [9.17, 15) is 8.42 Å². The van der Waals surface area contributed by atoms with Gasteiger partial charge in [-0.1, -0.05) is 0 Å². The molecule has 2 fully saturated rings. The molecule has 0 aliphatic carbocycles. The van der Waals surface area contributed by atoms with Crippen molar-refractivity contribution in [3.05, 3.63) is 47.8 Å². The highest BCUT2D eigenvalue weighted by Gasteiger charge is 2.35. The summed E-state index contributed by atoms with van der Waals surface area (Å²) in [5.74, 6) is 0.877. The average Bonchev–Trinajstić information content (AvgIpc) is 2.80. The number of piperidine rings is 1. The van der Waals surface area contributed by atoms with Gasteiger partial charge in [-0.25, -0.2) is 0 Å². The van der Waals surface area contributed by atoms with Gasteiger partial charge < -0.3 is 14.8 Å². The van der Waals surface area contributed by atoms with Crippen LogP contribution in [-0.2, 0) is 14.9 Å². The molecule has 2 aromatic rings. The lowest BCUT2D eigenvalue weighted by molar-refractivity contribution is 0.0695. The third kappa shape index (κ3) is 5.17. The van der Waals surface area contributed by atoms with Crippen LogP contribution in [0.1, 0.15) is 30.1 Å². The molecule has 1 atom stereocenters. The monoisotopic (exact) mass is 446 g/mol. The van der Waals surface area contributed by atoms with Gasteiger partial charge >= 0.3 is 0 Å². The molecule has 9 heteroatoms. The van der Waals surface area contributed by atoms with Crippen molar-refractivity contribution in [3.63, 3.8) is 0 Å². The highest BCUT2D eigenvalue weighted by Crippen LogP contribution is 2.31. The second-order valence-electron chi connectivity index (χ2n) is 7.99. The van der Waals surface area contributed by atoms with Crippen molar-refractivity contribution in [3.8, 4) is 5.75 Å². The number of rotatable bonds is 6. The van der Waals surface area contributed by atoms with Crippen molar-refractivity contribution >= 4 is 21.6 Å². The number of benzene rings is 1. The van der Waals surface area contributed by atoms with Crippen molar-refractivity contribution < 1.29 is 17.9 Å². The highest BCUT2D eigenvalue weighted by atomic mass is 32.2. The fourth-order valence-electron chi connectivity index (χ4n) is 4.15. The number of morpholine rings is 1. The molecule has 31 heavy (non-hydrogen) atoms. The van der Waals surface area contributed by atoms with Gasteiger partial charge in [0.05, 0.1) is 20.3 Å². The maximum atomic E-state index is 13.1. The normalized spacial score (nSPS) is 21.0. The number of nitrogens with zero attached hydrogens (tertiary/aromatic N) is 3. The topological polar surface area (TPSA) is 84.0 Å². The van der Waals surface area contributed by atoms with Gasteiger partial charge in [-0.15, -0.1) is 0 Å². The molecule has 168 valence electrons. The van der Waals surface area contributed by atoms with E-state index < -0.39 is 10.2 Å². The van der Waals surface area contributed by atoms with E-state index in [-0.39, 0.29) is 5.92 Å². The van der Waals surface area contributed by atoms with Crippen LogP contribution in [-0.4, -0.2) is 68.5 Å². The molecule has 0 amide bonds. The minimum absolute atomic E-state index is 0.0703. The number of aromatic nitrogens is 1. The van der Waals surface area contributed by atoms with E-state index in [0.717, 1.165) is 41.4 Å². The first kappa shape index (κ1) is 22.0. The smallest absolute Gasteiger partial charge is 0.282 e. The Labute approximate surface area is 184 Å². The van der Waals surface area contributed by atoms with Crippen molar-refractivity contribution in [1.82, 2.24) is 13.6 Å². The average molecular weight is 447 g/mol. The molecule has 1 unspecified atom stereocenters. The summed E-state index contributed by atoms with van der Waals surface area (Å²) in [4.78, 5) is 4.74. The SMILES string of the molecule is COc1ccc(Nc2cc(C)nc(C3CCCN(S(=O)(=O)N4CCOCC4)C3)c2)cc1. The number of anilines is 2. The first-order chi connectivity index (χ1) is 15.0. The first-order valence-electron chi connectivity index (χ1n) is 10.7. The number of nitrogens with one attached hydrogen (secondary N) is 1. The molecule has 2 aliphatic heterocycles. The zero-order chi connectivity index (χ0) is 21.8. The molecule has 0 bridgehead atoms. The molecule has 2 saturated heterocycles. The van der Waals surface area contributed by atoms with Crippen LogP contribution in [0.4, 0.5) is 11.4 Å². The second-order valence-corrected chi connectivity index (χ2v) is 9.92. The molecule has 8 nitrogen and oxygen atoms in total. The van der Waals surface area contributed by atoms with E-state index in [2.05, 4.69) is 5.32 Å². The van der Waals surface area contributed by atoms with Gasteiger partial charge in [0.1, 0.15) is 5.75 Å². The first-order valence-corrected chi connectivity index (χ1v) is 12.1. The quantitative estimate of drug-likeness (QED) is 0.735. The fraction of sp³-hybridized carbons (Fsp3) is 0.500. The molecule has 1 aromatic carbocycles. The number of aryl methyl sites for hydroxylation is 1. The van der Waals surface area contributed by atoms with E-state index in [1.54, 1.807) is 15.7 Å². The predicted molar refractivity (Wildman–Crippen MR) is 120 cm³/mol. The van der Waals surface area contributed by atoms with Gasteiger partial charge in [-0.05, 0) is 56.2 Å². The largest absolute Gasteiger partial charge is 0.497 e. The van der Waals surface area contributed by atoms with Crippen molar-refractivity contribution in [1.29, 1.82) is 0 Å². The van der Waals surface area contributed by atoms with Gasteiger partial charge in [-0.2, -0.15) is 17.0 Å². The zero-order valence-corrected chi connectivity index (χ0v) is 18.9. The Bertz CT molecular complexity index is 991. The Morgan fingerprint density at radius 2 is 1.81 bits per heavy atom. The van der Waals surface area contributed by atoms with Gasteiger partial charge in [-0.3, -0.25) is 4.98 Å². The summed E-state index contributed by atoms with van der Waals surface area (Å²) in [6.07, 6.45) is 1.75. The maximum absolute atomic E-state index is 13.1. The van der Waals surface area contributed by atoms with Crippen LogP contribution < -0.4 is 10.1 Å². The lowest BCUT2D eigenvalue weighted by Crippen LogP contribution is -2.51. The number of ether oxygens (including phenoxy) is 2. The molecular weight excluding hydrogens is 416 g/mol. The second kappa shape index (κ2) is 9.52. The Morgan fingerprint density at radius 1 is 1.06 bits per heavy atom. The van der Waals surface area contributed by atoms with Gasteiger partial charge in [0.2, 0.25) is 0 Å². The fourth-order valence-corrected chi connectivity index (χ4v) is 5.82. The van der Waals surface area contributed by atoms with Gasteiger partial charge in [0.25, 0.3) is 10.2 Å². The number of hydrogen-bond acceptors (Lipinski definition) is 6. The number of methoxy groups -OCH3 is 1. The third-order valence-electron chi connectivity index (χ3n) is 5.78. The minimum Gasteiger partial charge on any atom is -0.497 e. The van der Waals surface area contributed by atoms with Crippen LogP contribution >= 0.6 is 0 Å². The van der Waals surface area contributed by atoms with Crippen LogP contribution in [0.25, 0.3) is 0 Å². The highest BCUT2D eigenvalue weighted by molar-refractivity contribution is 7.86. The summed E-state index contributed by atoms with van der Waals surface area (Å²) in [6, 6.07) is 11.8. The molecule has 0 spiro atoms. The van der Waals surface area contributed by atoms with Crippen molar-refractivity contribution in [2.75, 3.05) is 51.8 Å². The molecule has 3 heterocycles. The van der Waals surface area contributed by atoms with E-state index >= 15 is 0 Å². The molecule has 0 radical (unpaired) electrons. The molecular formula is C22H30N4O4S. The van der Waals surface area contributed by atoms with Crippen molar-refractivity contribution in [2.24, 2.45) is 0 Å². The third-order valence-corrected chi connectivity index (χ3v) is 7.78. The molecule has 0 saturated carbocycles. The van der Waals surface area contributed by atoms with E-state index in [1.165, 1.54) is 0 Å². The lowest BCUT2D eigenvalue weighted by atomic mass is 9.95. The molecule has 1 N–H and O–H groups in total.